The molecule has 1 aromatic rings. The fourth-order valence-electron chi connectivity index (χ4n) is 3.43. The highest BCUT2D eigenvalue weighted by Crippen LogP contribution is 2.11. The van der Waals surface area contributed by atoms with Crippen LogP contribution in [0.4, 0.5) is 4.79 Å². The number of nitrogens with one attached hydrogen (secondary N) is 2. The van der Waals surface area contributed by atoms with Crippen LogP contribution in [0.2, 0.25) is 0 Å². The normalized spacial score (nSPS) is 15.3. The van der Waals surface area contributed by atoms with Gasteiger partial charge in [-0.1, -0.05) is 44.2 Å². The highest BCUT2D eigenvalue weighted by molar-refractivity contribution is 5.86. The van der Waals surface area contributed by atoms with Crippen LogP contribution in [-0.4, -0.2) is 86.7 Å². The van der Waals surface area contributed by atoms with Gasteiger partial charge in [-0.05, 0) is 17.9 Å². The number of piperazine rings is 1. The van der Waals surface area contributed by atoms with Gasteiger partial charge < -0.3 is 25.0 Å². The first-order valence-electron chi connectivity index (χ1n) is 11.1. The molecule has 1 atom stereocenters. The van der Waals surface area contributed by atoms with Gasteiger partial charge in [0.1, 0.15) is 12.6 Å². The lowest BCUT2D eigenvalue weighted by molar-refractivity contribution is -0.136. The summed E-state index contributed by atoms with van der Waals surface area (Å²) in [7, 11) is 1.63. The molecular formula is C23H36N4O5. The van der Waals surface area contributed by atoms with Gasteiger partial charge in [0.15, 0.2) is 0 Å². The molecule has 1 aliphatic rings. The number of ether oxygens (including phenoxy) is 2. The summed E-state index contributed by atoms with van der Waals surface area (Å²) < 4.78 is 10.2. The zero-order chi connectivity index (χ0) is 23.3. The molecule has 1 fully saturated rings. The minimum absolute atomic E-state index is 0.0243. The van der Waals surface area contributed by atoms with Gasteiger partial charge in [0.05, 0.1) is 6.54 Å². The standard InChI is InChI=1S/C23H36N4O5/c1-18(2)21(25-23(30)32-17-19-8-5-4-6-9-19)22(29)27-13-11-26(12-14-27)16-20(28)24-10-7-15-31-3/h4-6,8-9,18,21H,7,10-17H2,1-3H3,(H,24,28)(H,25,30)/t21-/m0/s1. The first kappa shape index (κ1) is 25.6. The van der Waals surface area contributed by atoms with Crippen molar-refractivity contribution in [2.45, 2.75) is 32.9 Å². The molecule has 9 heteroatoms. The molecular weight excluding hydrogens is 412 g/mol. The van der Waals surface area contributed by atoms with Crippen LogP contribution < -0.4 is 10.6 Å². The number of amides is 3. The average molecular weight is 449 g/mol. The number of nitrogens with zero attached hydrogens (tertiary/aromatic N) is 2. The summed E-state index contributed by atoms with van der Waals surface area (Å²) in [5, 5.41) is 5.60. The Morgan fingerprint density at radius 2 is 1.75 bits per heavy atom. The Morgan fingerprint density at radius 1 is 1.06 bits per heavy atom. The third-order valence-electron chi connectivity index (χ3n) is 5.32. The SMILES string of the molecule is COCCCNC(=O)CN1CCN(C(=O)[C@@H](NC(=O)OCc2ccccc2)C(C)C)CC1. The number of methoxy groups -OCH3 is 1. The van der Waals surface area contributed by atoms with E-state index in [1.54, 1.807) is 12.0 Å². The molecule has 1 aromatic carbocycles. The minimum Gasteiger partial charge on any atom is -0.445 e. The van der Waals surface area contributed by atoms with Crippen LogP contribution in [0.1, 0.15) is 25.8 Å². The van der Waals surface area contributed by atoms with E-state index < -0.39 is 12.1 Å². The van der Waals surface area contributed by atoms with Crippen molar-refractivity contribution in [2.24, 2.45) is 5.92 Å². The van der Waals surface area contributed by atoms with Crippen LogP contribution in [0.5, 0.6) is 0 Å². The van der Waals surface area contributed by atoms with Crippen molar-refractivity contribution in [3.05, 3.63) is 35.9 Å². The zero-order valence-electron chi connectivity index (χ0n) is 19.3. The molecule has 0 aromatic heterocycles. The number of hydrogen-bond donors (Lipinski definition) is 2. The summed E-state index contributed by atoms with van der Waals surface area (Å²) in [6, 6.07) is 8.74. The second-order valence-electron chi connectivity index (χ2n) is 8.23. The molecule has 3 amide bonds. The Hall–Kier alpha value is -2.65. The molecule has 0 radical (unpaired) electrons. The highest BCUT2D eigenvalue weighted by Gasteiger charge is 2.31. The van der Waals surface area contributed by atoms with Crippen LogP contribution in [0.25, 0.3) is 0 Å². The van der Waals surface area contributed by atoms with Crippen molar-refractivity contribution in [2.75, 3.05) is 53.0 Å². The first-order chi connectivity index (χ1) is 15.4. The molecule has 32 heavy (non-hydrogen) atoms. The second kappa shape index (κ2) is 13.7. The Morgan fingerprint density at radius 3 is 2.38 bits per heavy atom. The molecule has 1 aliphatic heterocycles. The second-order valence-corrected chi connectivity index (χ2v) is 8.23. The van der Waals surface area contributed by atoms with Gasteiger partial charge in [0.25, 0.3) is 0 Å². The zero-order valence-corrected chi connectivity index (χ0v) is 19.3. The maximum atomic E-state index is 13.0. The van der Waals surface area contributed by atoms with Crippen molar-refractivity contribution in [3.63, 3.8) is 0 Å². The van der Waals surface area contributed by atoms with E-state index in [2.05, 4.69) is 10.6 Å². The Kier molecular flexibility index (Phi) is 11.0. The minimum atomic E-state index is -0.658. The van der Waals surface area contributed by atoms with Gasteiger partial charge in [-0.25, -0.2) is 4.79 Å². The molecule has 9 nitrogen and oxygen atoms in total. The molecule has 1 saturated heterocycles. The smallest absolute Gasteiger partial charge is 0.408 e. The van der Waals surface area contributed by atoms with Crippen molar-refractivity contribution in [3.8, 4) is 0 Å². The van der Waals surface area contributed by atoms with Crippen LogP contribution in [0.15, 0.2) is 30.3 Å². The molecule has 0 bridgehead atoms. The van der Waals surface area contributed by atoms with E-state index in [4.69, 9.17) is 9.47 Å². The van der Waals surface area contributed by atoms with E-state index >= 15 is 0 Å². The first-order valence-corrected chi connectivity index (χ1v) is 11.1. The van der Waals surface area contributed by atoms with Gasteiger partial charge in [0.2, 0.25) is 11.8 Å². The number of benzene rings is 1. The molecule has 0 aliphatic carbocycles. The lowest BCUT2D eigenvalue weighted by Gasteiger charge is -2.36. The molecule has 0 spiro atoms. The van der Waals surface area contributed by atoms with Crippen molar-refractivity contribution in [1.29, 1.82) is 0 Å². The maximum Gasteiger partial charge on any atom is 0.408 e. The van der Waals surface area contributed by atoms with Crippen molar-refractivity contribution < 1.29 is 23.9 Å². The lowest BCUT2D eigenvalue weighted by Crippen LogP contribution is -2.57. The van der Waals surface area contributed by atoms with Gasteiger partial charge >= 0.3 is 6.09 Å². The van der Waals surface area contributed by atoms with Gasteiger partial charge in [-0.2, -0.15) is 0 Å². The summed E-state index contributed by atoms with van der Waals surface area (Å²) in [6.07, 6.45) is 0.173. The van der Waals surface area contributed by atoms with E-state index in [0.717, 1.165) is 12.0 Å². The van der Waals surface area contributed by atoms with Crippen LogP contribution in [0.3, 0.4) is 0 Å². The summed E-state index contributed by atoms with van der Waals surface area (Å²) in [5.41, 5.74) is 0.883. The van der Waals surface area contributed by atoms with Crippen LogP contribution >= 0.6 is 0 Å². The molecule has 0 unspecified atom stereocenters. The van der Waals surface area contributed by atoms with Crippen molar-refractivity contribution >= 4 is 17.9 Å². The van der Waals surface area contributed by atoms with E-state index in [1.165, 1.54) is 0 Å². The molecule has 2 rings (SSSR count). The van der Waals surface area contributed by atoms with Gasteiger partial charge in [-0.15, -0.1) is 0 Å². The molecule has 178 valence electrons. The monoisotopic (exact) mass is 448 g/mol. The molecule has 1 heterocycles. The van der Waals surface area contributed by atoms with E-state index in [1.807, 2.05) is 49.1 Å². The third-order valence-corrected chi connectivity index (χ3v) is 5.32. The fourth-order valence-corrected chi connectivity index (χ4v) is 3.43. The maximum absolute atomic E-state index is 13.0. The predicted octanol–water partition coefficient (Wildman–Crippen LogP) is 1.23. The predicted molar refractivity (Wildman–Crippen MR) is 121 cm³/mol. The highest BCUT2D eigenvalue weighted by atomic mass is 16.5. The Labute approximate surface area is 190 Å². The number of alkyl carbamates (subject to hydrolysis) is 1. The van der Waals surface area contributed by atoms with Crippen molar-refractivity contribution in [1.82, 2.24) is 20.4 Å². The van der Waals surface area contributed by atoms with Gasteiger partial charge in [-0.3, -0.25) is 14.5 Å². The lowest BCUT2D eigenvalue weighted by atomic mass is 10.0. The Bertz CT molecular complexity index is 720. The summed E-state index contributed by atoms with van der Waals surface area (Å²) >= 11 is 0. The summed E-state index contributed by atoms with van der Waals surface area (Å²) in [5.74, 6) is -0.230. The van der Waals surface area contributed by atoms with E-state index in [-0.39, 0.29) is 24.3 Å². The van der Waals surface area contributed by atoms with Crippen LogP contribution in [-0.2, 0) is 25.7 Å². The van der Waals surface area contributed by atoms with Gasteiger partial charge in [0, 0.05) is 46.4 Å². The topological polar surface area (TPSA) is 100 Å². The van der Waals surface area contributed by atoms with Crippen LogP contribution in [0, 0.1) is 5.92 Å². The number of carbonyl (C=O) groups is 3. The number of rotatable bonds is 11. The molecule has 0 saturated carbocycles. The Balaban J connectivity index is 1.76. The third kappa shape index (κ3) is 8.84. The average Bonchev–Trinajstić information content (AvgIpc) is 2.79. The number of carbonyl (C=O) groups excluding carboxylic acids is 3. The summed E-state index contributed by atoms with van der Waals surface area (Å²) in [6.45, 7) is 7.71. The van der Waals surface area contributed by atoms with E-state index in [9.17, 15) is 14.4 Å². The number of hydrogen-bond acceptors (Lipinski definition) is 6. The summed E-state index contributed by atoms with van der Waals surface area (Å²) in [4.78, 5) is 41.1. The molecule has 2 N–H and O–H groups in total. The quantitative estimate of drug-likeness (QED) is 0.494. The fraction of sp³-hybridized carbons (Fsp3) is 0.609. The van der Waals surface area contributed by atoms with E-state index in [0.29, 0.717) is 45.9 Å². The largest absolute Gasteiger partial charge is 0.445 e.